The second-order valence-corrected chi connectivity index (χ2v) is 4.45. The van der Waals surface area contributed by atoms with Crippen LogP contribution < -0.4 is 5.14 Å². The lowest BCUT2D eigenvalue weighted by molar-refractivity contribution is -0.385. The lowest BCUT2D eigenvalue weighted by atomic mass is 10.2. The van der Waals surface area contributed by atoms with E-state index in [0.29, 0.717) is 6.07 Å². The molecular weight excluding hydrogens is 227 g/mol. The first-order valence-corrected chi connectivity index (χ1v) is 5.44. The number of nitrogens with zero attached hydrogens (tertiary/aromatic N) is 1. The van der Waals surface area contributed by atoms with Crippen LogP contribution >= 0.6 is 0 Å². The summed E-state index contributed by atoms with van der Waals surface area (Å²) in [6.45, 7) is 0. The molecule has 1 rings (SSSR count). The Morgan fingerprint density at radius 2 is 2.07 bits per heavy atom. The van der Waals surface area contributed by atoms with Gasteiger partial charge in [0.25, 0.3) is 5.69 Å². The van der Waals surface area contributed by atoms with Gasteiger partial charge in [0.2, 0.25) is 10.0 Å². The van der Waals surface area contributed by atoms with Crippen molar-refractivity contribution < 1.29 is 17.7 Å². The van der Waals surface area contributed by atoms with E-state index in [1.54, 1.807) is 0 Å². The van der Waals surface area contributed by atoms with Gasteiger partial charge in [-0.2, -0.15) is 0 Å². The molecule has 0 amide bonds. The summed E-state index contributed by atoms with van der Waals surface area (Å²) in [6.07, 6.45) is 0. The van der Waals surface area contributed by atoms with Crippen LogP contribution in [0.25, 0.3) is 0 Å². The van der Waals surface area contributed by atoms with Crippen molar-refractivity contribution in [3.63, 3.8) is 0 Å². The Morgan fingerprint density at radius 3 is 2.53 bits per heavy atom. The van der Waals surface area contributed by atoms with E-state index in [1.807, 2.05) is 0 Å². The van der Waals surface area contributed by atoms with Gasteiger partial charge in [0, 0.05) is 5.56 Å². The van der Waals surface area contributed by atoms with E-state index in [-0.39, 0.29) is 5.56 Å². The molecule has 8 heteroatoms. The molecule has 1 aromatic carbocycles. The molecule has 0 saturated carbocycles. The van der Waals surface area contributed by atoms with Crippen LogP contribution in [-0.4, -0.2) is 13.3 Å². The Morgan fingerprint density at radius 1 is 1.47 bits per heavy atom. The number of nitro benzene ring substituents is 1. The molecule has 0 aliphatic carbocycles. The maximum Gasteiger partial charge on any atom is 0.276 e. The van der Waals surface area contributed by atoms with Crippen molar-refractivity contribution in [2.75, 3.05) is 0 Å². The highest BCUT2D eigenvalue weighted by Crippen LogP contribution is 2.21. The molecule has 82 valence electrons. The summed E-state index contributed by atoms with van der Waals surface area (Å²) in [5.41, 5.74) is -0.729. The summed E-state index contributed by atoms with van der Waals surface area (Å²) in [5.74, 6) is -1.50. The molecule has 6 nitrogen and oxygen atoms in total. The number of nitrogens with two attached hydrogens (primary N) is 1. The van der Waals surface area contributed by atoms with Gasteiger partial charge in [0.05, 0.1) is 16.7 Å². The number of rotatable bonds is 3. The van der Waals surface area contributed by atoms with E-state index in [4.69, 9.17) is 5.14 Å². The van der Waals surface area contributed by atoms with Crippen molar-refractivity contribution in [3.8, 4) is 0 Å². The van der Waals surface area contributed by atoms with Crippen molar-refractivity contribution >= 4 is 15.7 Å². The Kier molecular flexibility index (Phi) is 3.01. The van der Waals surface area contributed by atoms with E-state index < -0.39 is 32.2 Å². The van der Waals surface area contributed by atoms with Crippen LogP contribution in [0.4, 0.5) is 10.1 Å². The standard InChI is InChI=1S/C7H7FN2O4S/c8-6-2-1-5(4-15(9,13)14)7(3-6)10(11)12/h1-3H,4H2,(H2,9,13,14). The van der Waals surface area contributed by atoms with Crippen molar-refractivity contribution in [1.29, 1.82) is 0 Å². The number of halogens is 1. The number of hydrogen-bond acceptors (Lipinski definition) is 4. The van der Waals surface area contributed by atoms with Crippen LogP contribution in [-0.2, 0) is 15.8 Å². The summed E-state index contributed by atoms with van der Waals surface area (Å²) in [4.78, 5) is 9.61. The van der Waals surface area contributed by atoms with Gasteiger partial charge in [-0.25, -0.2) is 17.9 Å². The van der Waals surface area contributed by atoms with Crippen LogP contribution in [0.5, 0.6) is 0 Å². The van der Waals surface area contributed by atoms with Gasteiger partial charge in [-0.15, -0.1) is 0 Å². The second kappa shape index (κ2) is 3.91. The molecule has 0 aromatic heterocycles. The number of primary sulfonamides is 1. The molecule has 0 unspecified atom stereocenters. The predicted octanol–water partition coefficient (Wildman–Crippen LogP) is 0.522. The van der Waals surface area contributed by atoms with Gasteiger partial charge in [0.15, 0.2) is 0 Å². The quantitative estimate of drug-likeness (QED) is 0.608. The Balaban J connectivity index is 3.24. The van der Waals surface area contributed by atoms with Gasteiger partial charge in [-0.05, 0) is 12.1 Å². The first-order chi connectivity index (χ1) is 6.79. The highest BCUT2D eigenvalue weighted by molar-refractivity contribution is 7.88. The number of nitro groups is 1. The number of hydrogen-bond donors (Lipinski definition) is 1. The first-order valence-electron chi connectivity index (χ1n) is 3.73. The summed E-state index contributed by atoms with van der Waals surface area (Å²) < 4.78 is 34.1. The Labute approximate surface area is 84.7 Å². The molecule has 0 saturated heterocycles. The van der Waals surface area contributed by atoms with Crippen molar-refractivity contribution in [3.05, 3.63) is 39.7 Å². The third-order valence-electron chi connectivity index (χ3n) is 1.60. The monoisotopic (exact) mass is 234 g/mol. The van der Waals surface area contributed by atoms with E-state index >= 15 is 0 Å². The lowest BCUT2D eigenvalue weighted by Crippen LogP contribution is -2.15. The highest BCUT2D eigenvalue weighted by Gasteiger charge is 2.18. The minimum absolute atomic E-state index is 0.135. The SMILES string of the molecule is NS(=O)(=O)Cc1ccc(F)cc1[N+](=O)[O-]. The normalized spacial score (nSPS) is 11.3. The maximum atomic E-state index is 12.7. The Bertz CT molecular complexity index is 500. The third kappa shape index (κ3) is 3.26. The summed E-state index contributed by atoms with van der Waals surface area (Å²) >= 11 is 0. The number of benzene rings is 1. The zero-order chi connectivity index (χ0) is 11.6. The first kappa shape index (κ1) is 11.5. The predicted molar refractivity (Wildman–Crippen MR) is 49.9 cm³/mol. The van der Waals surface area contributed by atoms with Crippen LogP contribution in [0, 0.1) is 15.9 Å². The Hall–Kier alpha value is -1.54. The number of sulfonamides is 1. The third-order valence-corrected chi connectivity index (χ3v) is 2.31. The molecule has 0 aliphatic rings. The smallest absolute Gasteiger partial charge is 0.258 e. The zero-order valence-corrected chi connectivity index (χ0v) is 8.20. The van der Waals surface area contributed by atoms with Crippen molar-refractivity contribution in [1.82, 2.24) is 0 Å². The van der Waals surface area contributed by atoms with E-state index in [9.17, 15) is 22.9 Å². The topological polar surface area (TPSA) is 103 Å². The van der Waals surface area contributed by atoms with E-state index in [1.165, 1.54) is 0 Å². The molecule has 0 aliphatic heterocycles. The molecule has 0 atom stereocenters. The van der Waals surface area contributed by atoms with E-state index in [0.717, 1.165) is 12.1 Å². The van der Waals surface area contributed by atoms with Crippen LogP contribution in [0.1, 0.15) is 5.56 Å². The van der Waals surface area contributed by atoms with Gasteiger partial charge in [-0.1, -0.05) is 0 Å². The molecule has 15 heavy (non-hydrogen) atoms. The summed E-state index contributed by atoms with van der Waals surface area (Å²) in [5, 5.41) is 15.2. The minimum Gasteiger partial charge on any atom is -0.258 e. The molecule has 0 fully saturated rings. The summed E-state index contributed by atoms with van der Waals surface area (Å²) in [6, 6.07) is 2.62. The van der Waals surface area contributed by atoms with Gasteiger partial charge < -0.3 is 0 Å². The fourth-order valence-electron chi connectivity index (χ4n) is 1.05. The minimum atomic E-state index is -3.87. The zero-order valence-electron chi connectivity index (χ0n) is 7.38. The van der Waals surface area contributed by atoms with Gasteiger partial charge in [-0.3, -0.25) is 10.1 Å². The second-order valence-electron chi connectivity index (χ2n) is 2.84. The van der Waals surface area contributed by atoms with E-state index in [2.05, 4.69) is 0 Å². The van der Waals surface area contributed by atoms with Gasteiger partial charge in [0.1, 0.15) is 5.82 Å². The molecular formula is C7H7FN2O4S. The van der Waals surface area contributed by atoms with Crippen LogP contribution in [0.2, 0.25) is 0 Å². The van der Waals surface area contributed by atoms with Crippen molar-refractivity contribution in [2.45, 2.75) is 5.75 Å². The average Bonchev–Trinajstić information content (AvgIpc) is 2.05. The molecule has 0 spiro atoms. The lowest BCUT2D eigenvalue weighted by Gasteiger charge is -2.00. The fraction of sp³-hybridized carbons (Fsp3) is 0.143. The van der Waals surface area contributed by atoms with Gasteiger partial charge >= 0.3 is 0 Å². The molecule has 1 aromatic rings. The fourth-order valence-corrected chi connectivity index (χ4v) is 1.72. The maximum absolute atomic E-state index is 12.7. The molecule has 0 heterocycles. The largest absolute Gasteiger partial charge is 0.276 e. The molecule has 2 N–H and O–H groups in total. The van der Waals surface area contributed by atoms with Crippen LogP contribution in [0.15, 0.2) is 18.2 Å². The molecule has 0 bridgehead atoms. The molecule has 0 radical (unpaired) electrons. The average molecular weight is 234 g/mol. The van der Waals surface area contributed by atoms with Crippen molar-refractivity contribution in [2.24, 2.45) is 5.14 Å². The summed E-state index contributed by atoms with van der Waals surface area (Å²) in [7, 11) is -3.87. The van der Waals surface area contributed by atoms with Crippen LogP contribution in [0.3, 0.4) is 0 Å². The highest BCUT2D eigenvalue weighted by atomic mass is 32.2.